The fraction of sp³-hybridized carbons (Fsp3) is 0.500. The molecule has 0 spiro atoms. The zero-order valence-corrected chi connectivity index (χ0v) is 20.0. The molecule has 0 saturated carbocycles. The van der Waals surface area contributed by atoms with Crippen molar-refractivity contribution in [2.24, 2.45) is 4.99 Å². The van der Waals surface area contributed by atoms with Crippen molar-refractivity contribution in [3.63, 3.8) is 0 Å². The number of benzene rings is 1. The SMILES string of the molecule is CCNC(=NCc1ccc(N2CCOCC2)cc1)N(C)Cc1csc(C)n1.I. The standard InChI is InChI=1S/C20H29N5OS.HI/c1-4-21-20(24(3)14-18-15-27-16(2)23-18)22-13-17-5-7-19(8-6-17)25-9-11-26-12-10-25;/h5-8,15H,4,9-14H2,1-3H3,(H,21,22);1H. The lowest BCUT2D eigenvalue weighted by Crippen LogP contribution is -2.38. The Kier molecular flexibility index (Phi) is 9.46. The molecule has 1 N–H and O–H groups in total. The van der Waals surface area contributed by atoms with Crippen LogP contribution in [0.4, 0.5) is 5.69 Å². The van der Waals surface area contributed by atoms with Crippen LogP contribution < -0.4 is 10.2 Å². The summed E-state index contributed by atoms with van der Waals surface area (Å²) in [6.45, 7) is 9.92. The molecule has 0 aliphatic carbocycles. The summed E-state index contributed by atoms with van der Waals surface area (Å²) >= 11 is 1.68. The van der Waals surface area contributed by atoms with Gasteiger partial charge in [-0.25, -0.2) is 9.98 Å². The number of anilines is 1. The third kappa shape index (κ3) is 6.59. The lowest BCUT2D eigenvalue weighted by molar-refractivity contribution is 0.122. The van der Waals surface area contributed by atoms with Crippen molar-refractivity contribution in [2.75, 3.05) is 44.8 Å². The van der Waals surface area contributed by atoms with Crippen LogP contribution in [0.5, 0.6) is 0 Å². The van der Waals surface area contributed by atoms with Crippen LogP contribution >= 0.6 is 35.3 Å². The van der Waals surface area contributed by atoms with E-state index in [-0.39, 0.29) is 24.0 Å². The highest BCUT2D eigenvalue weighted by Crippen LogP contribution is 2.17. The monoisotopic (exact) mass is 515 g/mol. The molecule has 1 aliphatic heterocycles. The van der Waals surface area contributed by atoms with E-state index < -0.39 is 0 Å². The van der Waals surface area contributed by atoms with Crippen LogP contribution in [0.15, 0.2) is 34.6 Å². The number of morpholine rings is 1. The smallest absolute Gasteiger partial charge is 0.194 e. The van der Waals surface area contributed by atoms with Crippen LogP contribution in [0.3, 0.4) is 0 Å². The molecule has 0 unspecified atom stereocenters. The summed E-state index contributed by atoms with van der Waals surface area (Å²) in [7, 11) is 2.05. The van der Waals surface area contributed by atoms with Gasteiger partial charge in [-0.15, -0.1) is 35.3 Å². The third-order valence-corrected chi connectivity index (χ3v) is 5.31. The summed E-state index contributed by atoms with van der Waals surface area (Å²) in [4.78, 5) is 13.8. The molecule has 2 aromatic rings. The van der Waals surface area contributed by atoms with Gasteiger partial charge in [-0.05, 0) is 31.5 Å². The molecule has 28 heavy (non-hydrogen) atoms. The molecule has 0 bridgehead atoms. The van der Waals surface area contributed by atoms with Gasteiger partial charge in [0.05, 0.1) is 37.0 Å². The van der Waals surface area contributed by atoms with E-state index in [4.69, 9.17) is 9.73 Å². The topological polar surface area (TPSA) is 53.0 Å². The fourth-order valence-corrected chi connectivity index (χ4v) is 3.67. The molecule has 0 atom stereocenters. The zero-order chi connectivity index (χ0) is 19.1. The Bertz CT molecular complexity index is 743. The van der Waals surface area contributed by atoms with E-state index >= 15 is 0 Å². The number of guanidine groups is 1. The van der Waals surface area contributed by atoms with E-state index in [0.717, 1.165) is 56.1 Å². The normalized spacial score (nSPS) is 14.5. The molecule has 1 aliphatic rings. The van der Waals surface area contributed by atoms with Crippen molar-refractivity contribution < 1.29 is 4.74 Å². The van der Waals surface area contributed by atoms with Crippen LogP contribution in [-0.2, 0) is 17.8 Å². The molecular formula is C20H30IN5OS. The predicted molar refractivity (Wildman–Crippen MR) is 128 cm³/mol. The summed E-state index contributed by atoms with van der Waals surface area (Å²) < 4.78 is 5.42. The molecule has 8 heteroatoms. The number of thiazole rings is 1. The molecular weight excluding hydrogens is 485 g/mol. The van der Waals surface area contributed by atoms with E-state index in [1.165, 1.54) is 11.3 Å². The first kappa shape index (κ1) is 22.9. The van der Waals surface area contributed by atoms with Crippen LogP contribution in [0.1, 0.15) is 23.2 Å². The van der Waals surface area contributed by atoms with Gasteiger partial charge in [0, 0.05) is 37.7 Å². The minimum Gasteiger partial charge on any atom is -0.378 e. The fourth-order valence-electron chi connectivity index (χ4n) is 3.07. The lowest BCUT2D eigenvalue weighted by atomic mass is 10.2. The average Bonchev–Trinajstić information content (AvgIpc) is 3.10. The van der Waals surface area contributed by atoms with Crippen molar-refractivity contribution in [2.45, 2.75) is 26.9 Å². The van der Waals surface area contributed by atoms with Gasteiger partial charge in [0.1, 0.15) is 0 Å². The number of hydrogen-bond donors (Lipinski definition) is 1. The van der Waals surface area contributed by atoms with Gasteiger partial charge in [0.2, 0.25) is 0 Å². The molecule has 1 aromatic carbocycles. The maximum Gasteiger partial charge on any atom is 0.194 e. The molecule has 3 rings (SSSR count). The highest BCUT2D eigenvalue weighted by molar-refractivity contribution is 14.0. The number of nitrogens with zero attached hydrogens (tertiary/aromatic N) is 4. The van der Waals surface area contributed by atoms with E-state index in [1.54, 1.807) is 11.3 Å². The second kappa shape index (κ2) is 11.6. The molecule has 6 nitrogen and oxygen atoms in total. The van der Waals surface area contributed by atoms with E-state index in [9.17, 15) is 0 Å². The molecule has 1 saturated heterocycles. The number of rotatable bonds is 6. The van der Waals surface area contributed by atoms with E-state index in [1.807, 2.05) is 6.92 Å². The van der Waals surface area contributed by atoms with Gasteiger partial charge in [-0.2, -0.15) is 0 Å². The Hall–Kier alpha value is -1.39. The second-order valence-electron chi connectivity index (χ2n) is 6.65. The second-order valence-corrected chi connectivity index (χ2v) is 7.71. The number of nitrogens with one attached hydrogen (secondary N) is 1. The summed E-state index contributed by atoms with van der Waals surface area (Å²) in [5, 5.41) is 6.58. The minimum atomic E-state index is 0. The third-order valence-electron chi connectivity index (χ3n) is 4.49. The molecule has 0 radical (unpaired) electrons. The Morgan fingerprint density at radius 3 is 2.61 bits per heavy atom. The maximum absolute atomic E-state index is 5.42. The number of aromatic nitrogens is 1. The van der Waals surface area contributed by atoms with Crippen LogP contribution in [0, 0.1) is 6.92 Å². The van der Waals surface area contributed by atoms with E-state index in [2.05, 4.69) is 63.7 Å². The van der Waals surface area contributed by atoms with Crippen molar-refractivity contribution in [1.29, 1.82) is 0 Å². The van der Waals surface area contributed by atoms with E-state index in [0.29, 0.717) is 6.54 Å². The Labute approximate surface area is 189 Å². The van der Waals surface area contributed by atoms with Gasteiger partial charge in [-0.3, -0.25) is 0 Å². The number of halogens is 1. The highest BCUT2D eigenvalue weighted by atomic mass is 127. The summed E-state index contributed by atoms with van der Waals surface area (Å²) in [5.74, 6) is 0.903. The average molecular weight is 515 g/mol. The van der Waals surface area contributed by atoms with Crippen LogP contribution in [-0.4, -0.2) is 55.7 Å². The van der Waals surface area contributed by atoms with Gasteiger partial charge in [0.15, 0.2) is 5.96 Å². The number of hydrogen-bond acceptors (Lipinski definition) is 5. The van der Waals surface area contributed by atoms with Crippen LogP contribution in [0.25, 0.3) is 0 Å². The van der Waals surface area contributed by atoms with Gasteiger partial charge < -0.3 is 19.9 Å². The molecule has 1 aromatic heterocycles. The first-order chi connectivity index (χ1) is 13.2. The van der Waals surface area contributed by atoms with Crippen molar-refractivity contribution in [3.8, 4) is 0 Å². The summed E-state index contributed by atoms with van der Waals surface area (Å²) in [6, 6.07) is 8.71. The van der Waals surface area contributed by atoms with Gasteiger partial charge >= 0.3 is 0 Å². The van der Waals surface area contributed by atoms with Gasteiger partial charge in [0.25, 0.3) is 0 Å². The lowest BCUT2D eigenvalue weighted by Gasteiger charge is -2.28. The van der Waals surface area contributed by atoms with Crippen molar-refractivity contribution in [3.05, 3.63) is 45.9 Å². The number of aryl methyl sites for hydroxylation is 1. The number of ether oxygens (including phenoxy) is 1. The molecule has 0 amide bonds. The predicted octanol–water partition coefficient (Wildman–Crippen LogP) is 3.50. The van der Waals surface area contributed by atoms with Crippen molar-refractivity contribution >= 4 is 47.0 Å². The van der Waals surface area contributed by atoms with Crippen molar-refractivity contribution in [1.82, 2.24) is 15.2 Å². The minimum absolute atomic E-state index is 0. The Balaban J connectivity index is 0.00000280. The first-order valence-corrected chi connectivity index (χ1v) is 10.4. The quantitative estimate of drug-likeness (QED) is 0.363. The highest BCUT2D eigenvalue weighted by Gasteiger charge is 2.11. The van der Waals surface area contributed by atoms with Gasteiger partial charge in [-0.1, -0.05) is 12.1 Å². The molecule has 2 heterocycles. The van der Waals surface area contributed by atoms with Crippen LogP contribution in [0.2, 0.25) is 0 Å². The summed E-state index contributed by atoms with van der Waals surface area (Å²) in [5.41, 5.74) is 3.55. The summed E-state index contributed by atoms with van der Waals surface area (Å²) in [6.07, 6.45) is 0. The zero-order valence-electron chi connectivity index (χ0n) is 16.9. The maximum atomic E-state index is 5.42. The Morgan fingerprint density at radius 2 is 2.00 bits per heavy atom. The first-order valence-electron chi connectivity index (χ1n) is 9.48. The molecule has 154 valence electrons. The Morgan fingerprint density at radius 1 is 1.29 bits per heavy atom. The molecule has 1 fully saturated rings. The number of aliphatic imine (C=N–C) groups is 1. The largest absolute Gasteiger partial charge is 0.378 e.